The van der Waals surface area contributed by atoms with Gasteiger partial charge < -0.3 is 14.0 Å². The van der Waals surface area contributed by atoms with Crippen molar-refractivity contribution in [2.75, 3.05) is 33.7 Å². The number of fused-ring (bicyclic) bond motifs is 1. The summed E-state index contributed by atoms with van der Waals surface area (Å²) in [5.74, 6) is 0.730. The van der Waals surface area contributed by atoms with Crippen LogP contribution in [0.1, 0.15) is 56.4 Å². The Morgan fingerprint density at radius 2 is 2.00 bits per heavy atom. The third kappa shape index (κ3) is 7.08. The van der Waals surface area contributed by atoms with Crippen molar-refractivity contribution in [3.05, 3.63) is 87.5 Å². The van der Waals surface area contributed by atoms with E-state index in [1.807, 2.05) is 12.3 Å². The number of benzene rings is 1. The number of nitrogens with zero attached hydrogens (tertiary/aromatic N) is 4. The normalized spacial score (nSPS) is 16.0. The molecule has 0 amide bonds. The lowest BCUT2D eigenvalue weighted by Gasteiger charge is -2.32. The van der Waals surface area contributed by atoms with Gasteiger partial charge in [-0.05, 0) is 95.4 Å². The van der Waals surface area contributed by atoms with Gasteiger partial charge in [0.05, 0.1) is 12.2 Å². The fourth-order valence-corrected chi connectivity index (χ4v) is 5.28. The lowest BCUT2D eigenvalue weighted by molar-refractivity contribution is 0.192. The molecule has 6 heteroatoms. The summed E-state index contributed by atoms with van der Waals surface area (Å²) < 4.78 is 7.69. The fraction of sp³-hybridized carbons (Fsp3) is 0.484. The van der Waals surface area contributed by atoms with E-state index in [9.17, 15) is 4.79 Å². The average Bonchev–Trinajstić information content (AvgIpc) is 3.31. The first-order valence-electron chi connectivity index (χ1n) is 13.7. The molecule has 0 aliphatic carbocycles. The van der Waals surface area contributed by atoms with E-state index in [-0.39, 0.29) is 5.56 Å². The van der Waals surface area contributed by atoms with Crippen LogP contribution in [0.4, 0.5) is 0 Å². The predicted octanol–water partition coefficient (Wildman–Crippen LogP) is 5.66. The number of aromatic nitrogens is 2. The summed E-state index contributed by atoms with van der Waals surface area (Å²) in [5, 5.41) is 5.63. The topological polar surface area (TPSA) is 54.5 Å². The van der Waals surface area contributed by atoms with Gasteiger partial charge in [0.15, 0.2) is 5.58 Å². The second-order valence-electron chi connectivity index (χ2n) is 10.5. The number of rotatable bonds is 11. The zero-order chi connectivity index (χ0) is 26.2. The quantitative estimate of drug-likeness (QED) is 0.317. The Labute approximate surface area is 221 Å². The van der Waals surface area contributed by atoms with Gasteiger partial charge in [-0.2, -0.15) is 0 Å². The Balaban J connectivity index is 1.42. The van der Waals surface area contributed by atoms with E-state index in [4.69, 9.17) is 4.52 Å². The molecule has 0 radical (unpaired) electrons. The number of piperidine rings is 1. The molecule has 0 saturated carbocycles. The lowest BCUT2D eigenvalue weighted by atomic mass is 9.90. The smallest absolute Gasteiger partial charge is 0.250 e. The largest absolute Gasteiger partial charge is 0.356 e. The molecule has 6 nitrogen and oxygen atoms in total. The van der Waals surface area contributed by atoms with Crippen LogP contribution >= 0.6 is 0 Å². The molecule has 3 aromatic rings. The number of aryl methyl sites for hydroxylation is 1. The van der Waals surface area contributed by atoms with Crippen LogP contribution in [0.3, 0.4) is 0 Å². The van der Waals surface area contributed by atoms with Crippen molar-refractivity contribution in [2.45, 2.75) is 59.0 Å². The van der Waals surface area contributed by atoms with Gasteiger partial charge in [0.25, 0.3) is 5.56 Å². The molecular weight excluding hydrogens is 460 g/mol. The van der Waals surface area contributed by atoms with Crippen molar-refractivity contribution < 1.29 is 4.52 Å². The van der Waals surface area contributed by atoms with E-state index in [0.29, 0.717) is 6.54 Å². The molecule has 4 rings (SSSR count). The molecule has 0 N–H and O–H groups in total. The SMILES string of the molecule is C/C=C(\C=C/CC)CN1CCC(CCc2noc3c(CN(C)C)c(Cn4ccccc4=O)ccc23)CC1. The number of likely N-dealkylation sites (tertiary alicyclic amines) is 1. The Hall–Kier alpha value is -2.96. The maximum Gasteiger partial charge on any atom is 0.250 e. The Morgan fingerprint density at radius 3 is 2.70 bits per heavy atom. The van der Waals surface area contributed by atoms with Crippen LogP contribution in [-0.4, -0.2) is 53.3 Å². The molecule has 3 heterocycles. The van der Waals surface area contributed by atoms with Crippen molar-refractivity contribution in [3.63, 3.8) is 0 Å². The van der Waals surface area contributed by atoms with E-state index >= 15 is 0 Å². The van der Waals surface area contributed by atoms with Crippen LogP contribution < -0.4 is 5.56 Å². The molecule has 37 heavy (non-hydrogen) atoms. The highest BCUT2D eigenvalue weighted by atomic mass is 16.5. The minimum absolute atomic E-state index is 0.00192. The van der Waals surface area contributed by atoms with E-state index in [1.165, 1.54) is 18.4 Å². The van der Waals surface area contributed by atoms with Crippen LogP contribution in [0.2, 0.25) is 0 Å². The molecule has 1 aliphatic heterocycles. The third-order valence-electron chi connectivity index (χ3n) is 7.47. The highest BCUT2D eigenvalue weighted by Gasteiger charge is 2.22. The summed E-state index contributed by atoms with van der Waals surface area (Å²) in [7, 11) is 4.11. The summed E-state index contributed by atoms with van der Waals surface area (Å²) in [6, 6.07) is 9.55. The molecule has 0 atom stereocenters. The maximum atomic E-state index is 12.3. The molecule has 1 aliphatic rings. The van der Waals surface area contributed by atoms with E-state index < -0.39 is 0 Å². The maximum absolute atomic E-state index is 12.3. The minimum atomic E-state index is 0.00192. The standard InChI is InChI=1S/C31H42N4O2/c1-5-7-10-24(6-2)21-34-19-16-25(17-20-34)12-15-29-27-14-13-26(22-35-18-9-8-11-30(35)36)28(23-33(3)4)31(27)37-32-29/h6-11,13-14,18,25H,5,12,15-17,19-23H2,1-4H3/b10-7-,24-6+. The summed E-state index contributed by atoms with van der Waals surface area (Å²) in [6.45, 7) is 8.97. The number of allylic oxidation sites excluding steroid dienone is 2. The summed E-state index contributed by atoms with van der Waals surface area (Å²) in [4.78, 5) is 17.0. The van der Waals surface area contributed by atoms with E-state index in [2.05, 4.69) is 73.3 Å². The highest BCUT2D eigenvalue weighted by molar-refractivity contribution is 5.83. The van der Waals surface area contributed by atoms with Crippen molar-refractivity contribution in [1.82, 2.24) is 19.5 Å². The van der Waals surface area contributed by atoms with Gasteiger partial charge in [0.1, 0.15) is 0 Å². The third-order valence-corrected chi connectivity index (χ3v) is 7.47. The van der Waals surface area contributed by atoms with Crippen LogP contribution in [-0.2, 0) is 19.5 Å². The van der Waals surface area contributed by atoms with Crippen molar-refractivity contribution in [3.8, 4) is 0 Å². The minimum Gasteiger partial charge on any atom is -0.356 e. The number of pyridine rings is 1. The van der Waals surface area contributed by atoms with Gasteiger partial charge in [-0.15, -0.1) is 0 Å². The Bertz CT molecular complexity index is 1280. The van der Waals surface area contributed by atoms with Gasteiger partial charge >= 0.3 is 0 Å². The van der Waals surface area contributed by atoms with Crippen molar-refractivity contribution in [1.29, 1.82) is 0 Å². The molecule has 0 spiro atoms. The van der Waals surface area contributed by atoms with Crippen LogP contribution in [0.15, 0.2) is 69.6 Å². The molecule has 1 saturated heterocycles. The zero-order valence-corrected chi connectivity index (χ0v) is 22.9. The van der Waals surface area contributed by atoms with E-state index in [1.54, 1.807) is 16.7 Å². The molecule has 198 valence electrons. The monoisotopic (exact) mass is 502 g/mol. The van der Waals surface area contributed by atoms with Crippen LogP contribution in [0, 0.1) is 5.92 Å². The Morgan fingerprint density at radius 1 is 1.19 bits per heavy atom. The number of hydrogen-bond acceptors (Lipinski definition) is 5. The first-order valence-corrected chi connectivity index (χ1v) is 13.7. The van der Waals surface area contributed by atoms with Gasteiger partial charge in [0.2, 0.25) is 0 Å². The molecule has 0 unspecified atom stereocenters. The predicted molar refractivity (Wildman–Crippen MR) is 152 cm³/mol. The van der Waals surface area contributed by atoms with Gasteiger partial charge in [-0.1, -0.05) is 42.4 Å². The highest BCUT2D eigenvalue weighted by Crippen LogP contribution is 2.30. The summed E-state index contributed by atoms with van der Waals surface area (Å²) in [5.41, 5.74) is 5.54. The van der Waals surface area contributed by atoms with E-state index in [0.717, 1.165) is 79.1 Å². The lowest BCUT2D eigenvalue weighted by Crippen LogP contribution is -2.35. The second-order valence-corrected chi connectivity index (χ2v) is 10.5. The average molecular weight is 503 g/mol. The molecule has 1 fully saturated rings. The molecule has 1 aromatic carbocycles. The van der Waals surface area contributed by atoms with Crippen molar-refractivity contribution >= 4 is 11.0 Å². The second kappa shape index (κ2) is 13.0. The first kappa shape index (κ1) is 27.1. The number of hydrogen-bond donors (Lipinski definition) is 0. The fourth-order valence-electron chi connectivity index (χ4n) is 5.28. The molecular formula is C31H42N4O2. The summed E-state index contributed by atoms with van der Waals surface area (Å²) in [6.07, 6.45) is 14.3. The van der Waals surface area contributed by atoms with Gasteiger partial charge in [-0.25, -0.2) is 0 Å². The Kier molecular flexibility index (Phi) is 9.53. The van der Waals surface area contributed by atoms with Gasteiger partial charge in [0, 0.05) is 36.3 Å². The molecule has 2 aromatic heterocycles. The van der Waals surface area contributed by atoms with Crippen molar-refractivity contribution in [2.24, 2.45) is 5.92 Å². The first-order chi connectivity index (χ1) is 18.0. The zero-order valence-electron chi connectivity index (χ0n) is 22.9. The van der Waals surface area contributed by atoms with Crippen LogP contribution in [0.25, 0.3) is 11.0 Å². The van der Waals surface area contributed by atoms with Gasteiger partial charge in [-0.3, -0.25) is 9.69 Å². The summed E-state index contributed by atoms with van der Waals surface area (Å²) >= 11 is 0. The van der Waals surface area contributed by atoms with Crippen LogP contribution in [0.5, 0.6) is 0 Å². The molecule has 0 bridgehead atoms.